The Morgan fingerprint density at radius 1 is 1.38 bits per heavy atom. The zero-order valence-corrected chi connectivity index (χ0v) is 9.62. The molecule has 16 heavy (non-hydrogen) atoms. The van der Waals surface area contributed by atoms with Crippen molar-refractivity contribution >= 4 is 11.4 Å². The lowest BCUT2D eigenvalue weighted by molar-refractivity contribution is 0.174. The molecule has 3 rings (SSSR count). The molecule has 1 aromatic rings. The first-order chi connectivity index (χ1) is 7.79. The van der Waals surface area contributed by atoms with Crippen LogP contribution in [0.1, 0.15) is 13.8 Å². The topological polar surface area (TPSA) is 33.7 Å². The molecule has 1 atom stereocenters. The molecule has 4 nitrogen and oxygen atoms in total. The van der Waals surface area contributed by atoms with E-state index in [-0.39, 0.29) is 0 Å². The fourth-order valence-electron chi connectivity index (χ4n) is 2.40. The molecule has 0 aromatic heterocycles. The number of benzene rings is 1. The first-order valence-electron chi connectivity index (χ1n) is 5.73. The van der Waals surface area contributed by atoms with Crippen molar-refractivity contribution in [1.29, 1.82) is 0 Å². The summed E-state index contributed by atoms with van der Waals surface area (Å²) >= 11 is 0. The molecule has 0 spiro atoms. The lowest BCUT2D eigenvalue weighted by Gasteiger charge is -2.37. The minimum absolute atomic E-state index is 0.333. The van der Waals surface area contributed by atoms with Crippen LogP contribution in [-0.2, 0) is 0 Å². The fourth-order valence-corrected chi connectivity index (χ4v) is 2.40. The number of nitrogens with zero attached hydrogens (tertiary/aromatic N) is 1. The van der Waals surface area contributed by atoms with E-state index in [1.807, 2.05) is 6.07 Å². The van der Waals surface area contributed by atoms with Crippen LogP contribution in [0.2, 0.25) is 0 Å². The average molecular weight is 220 g/mol. The monoisotopic (exact) mass is 220 g/mol. The maximum Gasteiger partial charge on any atom is 0.231 e. The van der Waals surface area contributed by atoms with Gasteiger partial charge in [0.2, 0.25) is 6.79 Å². The summed E-state index contributed by atoms with van der Waals surface area (Å²) in [6.07, 6.45) is 0. The maximum absolute atomic E-state index is 5.42. The second-order valence-electron chi connectivity index (χ2n) is 4.24. The van der Waals surface area contributed by atoms with E-state index in [2.05, 4.69) is 30.1 Å². The van der Waals surface area contributed by atoms with Crippen molar-refractivity contribution < 1.29 is 9.47 Å². The molecule has 0 fully saturated rings. The molecule has 2 aliphatic rings. The third-order valence-electron chi connectivity index (χ3n) is 3.26. The van der Waals surface area contributed by atoms with Crippen LogP contribution in [0.25, 0.3) is 0 Å². The summed E-state index contributed by atoms with van der Waals surface area (Å²) in [4.78, 5) is 2.38. The standard InChI is InChI=1S/C12H16N2O2/c1-3-14-8(2)6-13-9-4-11-12(5-10(9)14)16-7-15-11/h4-5,8,13H,3,6-7H2,1-2H3. The van der Waals surface area contributed by atoms with Gasteiger partial charge in [0, 0.05) is 31.3 Å². The van der Waals surface area contributed by atoms with Crippen LogP contribution >= 0.6 is 0 Å². The molecule has 4 heteroatoms. The second kappa shape index (κ2) is 3.47. The Morgan fingerprint density at radius 2 is 2.12 bits per heavy atom. The molecule has 0 bridgehead atoms. The maximum atomic E-state index is 5.42. The quantitative estimate of drug-likeness (QED) is 0.785. The van der Waals surface area contributed by atoms with E-state index < -0.39 is 0 Å². The number of nitrogens with one attached hydrogen (secondary N) is 1. The molecule has 1 N–H and O–H groups in total. The van der Waals surface area contributed by atoms with Crippen LogP contribution in [0.5, 0.6) is 11.5 Å². The lowest BCUT2D eigenvalue weighted by Crippen LogP contribution is -2.41. The van der Waals surface area contributed by atoms with Crippen molar-refractivity contribution in [2.75, 3.05) is 30.1 Å². The van der Waals surface area contributed by atoms with Gasteiger partial charge in [0.1, 0.15) is 0 Å². The highest BCUT2D eigenvalue weighted by molar-refractivity contribution is 5.77. The summed E-state index contributed by atoms with van der Waals surface area (Å²) in [5, 5.41) is 3.43. The molecular formula is C12H16N2O2. The number of hydrogen-bond donors (Lipinski definition) is 1. The Balaban J connectivity index is 2.08. The molecule has 0 saturated carbocycles. The molecule has 0 radical (unpaired) electrons. The Labute approximate surface area is 95.1 Å². The molecule has 1 unspecified atom stereocenters. The Bertz CT molecular complexity index is 420. The molecule has 0 amide bonds. The predicted molar refractivity (Wildman–Crippen MR) is 63.5 cm³/mol. The average Bonchev–Trinajstić information content (AvgIpc) is 2.73. The summed E-state index contributed by atoms with van der Waals surface area (Å²) in [6, 6.07) is 4.62. The van der Waals surface area contributed by atoms with Crippen LogP contribution in [0.4, 0.5) is 11.4 Å². The lowest BCUT2D eigenvalue weighted by atomic mass is 10.1. The highest BCUT2D eigenvalue weighted by atomic mass is 16.7. The van der Waals surface area contributed by atoms with E-state index in [0.717, 1.165) is 30.3 Å². The molecule has 2 aliphatic heterocycles. The number of fused-ring (bicyclic) bond motifs is 2. The third-order valence-corrected chi connectivity index (χ3v) is 3.26. The van der Waals surface area contributed by atoms with Crippen molar-refractivity contribution in [1.82, 2.24) is 0 Å². The highest BCUT2D eigenvalue weighted by Crippen LogP contribution is 2.42. The number of hydrogen-bond acceptors (Lipinski definition) is 4. The van der Waals surface area contributed by atoms with Gasteiger partial charge >= 0.3 is 0 Å². The fraction of sp³-hybridized carbons (Fsp3) is 0.500. The van der Waals surface area contributed by atoms with E-state index in [1.165, 1.54) is 5.69 Å². The van der Waals surface area contributed by atoms with Gasteiger partial charge in [0.05, 0.1) is 11.4 Å². The van der Waals surface area contributed by atoms with Crippen molar-refractivity contribution in [3.8, 4) is 11.5 Å². The molecular weight excluding hydrogens is 204 g/mol. The summed E-state index contributed by atoms with van der Waals surface area (Å²) in [5.41, 5.74) is 2.36. The zero-order valence-electron chi connectivity index (χ0n) is 9.62. The van der Waals surface area contributed by atoms with Gasteiger partial charge in [0.25, 0.3) is 0 Å². The second-order valence-corrected chi connectivity index (χ2v) is 4.24. The Morgan fingerprint density at radius 3 is 2.88 bits per heavy atom. The predicted octanol–water partition coefficient (Wildman–Crippen LogP) is 2.06. The van der Waals surface area contributed by atoms with Crippen LogP contribution < -0.4 is 19.7 Å². The van der Waals surface area contributed by atoms with Gasteiger partial charge in [-0.1, -0.05) is 0 Å². The minimum atomic E-state index is 0.333. The minimum Gasteiger partial charge on any atom is -0.454 e. The molecule has 86 valence electrons. The molecule has 0 aliphatic carbocycles. The summed E-state index contributed by atoms with van der Waals surface area (Å²) in [7, 11) is 0. The summed E-state index contributed by atoms with van der Waals surface area (Å²) < 4.78 is 10.8. The number of ether oxygens (including phenoxy) is 2. The van der Waals surface area contributed by atoms with Crippen LogP contribution in [0.3, 0.4) is 0 Å². The Kier molecular flexibility index (Phi) is 2.09. The van der Waals surface area contributed by atoms with Crippen LogP contribution in [0.15, 0.2) is 12.1 Å². The van der Waals surface area contributed by atoms with Crippen molar-refractivity contribution in [3.05, 3.63) is 12.1 Å². The van der Waals surface area contributed by atoms with Gasteiger partial charge < -0.3 is 19.7 Å². The molecule has 2 heterocycles. The van der Waals surface area contributed by atoms with Gasteiger partial charge in [-0.15, -0.1) is 0 Å². The van der Waals surface area contributed by atoms with E-state index in [9.17, 15) is 0 Å². The third kappa shape index (κ3) is 1.29. The van der Waals surface area contributed by atoms with Gasteiger partial charge in [0.15, 0.2) is 11.5 Å². The normalized spacial score (nSPS) is 21.6. The van der Waals surface area contributed by atoms with Gasteiger partial charge in [-0.25, -0.2) is 0 Å². The number of anilines is 2. The van der Waals surface area contributed by atoms with E-state index in [0.29, 0.717) is 12.8 Å². The molecule has 0 saturated heterocycles. The van der Waals surface area contributed by atoms with Crippen molar-refractivity contribution in [2.24, 2.45) is 0 Å². The zero-order chi connectivity index (χ0) is 11.1. The summed E-state index contributed by atoms with van der Waals surface area (Å²) in [5.74, 6) is 1.70. The van der Waals surface area contributed by atoms with Crippen LogP contribution in [0, 0.1) is 0 Å². The smallest absolute Gasteiger partial charge is 0.231 e. The SMILES string of the molecule is CCN1c2cc3c(cc2NCC1C)OCO3. The first-order valence-corrected chi connectivity index (χ1v) is 5.73. The van der Waals surface area contributed by atoms with Crippen LogP contribution in [-0.4, -0.2) is 25.9 Å². The first kappa shape index (κ1) is 9.63. The van der Waals surface area contributed by atoms with E-state index in [1.54, 1.807) is 0 Å². The van der Waals surface area contributed by atoms with Crippen molar-refractivity contribution in [2.45, 2.75) is 19.9 Å². The van der Waals surface area contributed by atoms with Gasteiger partial charge in [-0.3, -0.25) is 0 Å². The largest absolute Gasteiger partial charge is 0.454 e. The highest BCUT2D eigenvalue weighted by Gasteiger charge is 2.25. The summed E-state index contributed by atoms with van der Waals surface area (Å²) in [6.45, 7) is 6.72. The van der Waals surface area contributed by atoms with Gasteiger partial charge in [-0.05, 0) is 13.8 Å². The van der Waals surface area contributed by atoms with Gasteiger partial charge in [-0.2, -0.15) is 0 Å². The number of rotatable bonds is 1. The number of likely N-dealkylation sites (N-methyl/N-ethyl adjacent to an activating group) is 1. The Hall–Kier alpha value is -1.58. The van der Waals surface area contributed by atoms with E-state index >= 15 is 0 Å². The van der Waals surface area contributed by atoms with Crippen molar-refractivity contribution in [3.63, 3.8) is 0 Å². The van der Waals surface area contributed by atoms with E-state index in [4.69, 9.17) is 9.47 Å². The molecule has 1 aromatic carbocycles.